The second-order valence-corrected chi connectivity index (χ2v) is 5.07. The van der Waals surface area contributed by atoms with Gasteiger partial charge in [0, 0.05) is 6.54 Å². The predicted octanol–water partition coefficient (Wildman–Crippen LogP) is 1.98. The first-order chi connectivity index (χ1) is 7.96. The van der Waals surface area contributed by atoms with Crippen molar-refractivity contribution in [1.29, 1.82) is 0 Å². The van der Waals surface area contributed by atoms with Crippen LogP contribution in [0, 0.1) is 0 Å². The molecule has 0 unspecified atom stereocenters. The van der Waals surface area contributed by atoms with Gasteiger partial charge in [0.25, 0.3) is 0 Å². The Morgan fingerprint density at radius 1 is 1.41 bits per heavy atom. The monoisotopic (exact) mass is 237 g/mol. The van der Waals surface area contributed by atoms with Gasteiger partial charge in [-0.15, -0.1) is 0 Å². The number of rotatable bonds is 2. The second kappa shape index (κ2) is 4.41. The highest BCUT2D eigenvalue weighted by Gasteiger charge is 2.19. The molecule has 94 valence electrons. The number of nitrogen functional groups attached to an aromatic ring is 1. The fourth-order valence-corrected chi connectivity index (χ4v) is 1.58. The average molecular weight is 237 g/mol. The van der Waals surface area contributed by atoms with E-state index in [4.69, 9.17) is 15.3 Å². The molecule has 0 amide bonds. The van der Waals surface area contributed by atoms with Gasteiger partial charge in [0.15, 0.2) is 5.82 Å². The molecule has 0 aromatic carbocycles. The molecule has 1 aromatic rings. The molecule has 0 spiro atoms. The van der Waals surface area contributed by atoms with Gasteiger partial charge in [-0.3, -0.25) is 4.84 Å². The number of nitrogens with zero attached hydrogens (tertiary/aromatic N) is 2. The van der Waals surface area contributed by atoms with Crippen molar-refractivity contribution >= 4 is 11.5 Å². The number of ether oxygens (including phenoxy) is 1. The highest BCUT2D eigenvalue weighted by atomic mass is 16.7. The molecule has 2 rings (SSSR count). The van der Waals surface area contributed by atoms with Crippen molar-refractivity contribution in [3.05, 3.63) is 12.1 Å². The van der Waals surface area contributed by atoms with Crippen LogP contribution >= 0.6 is 0 Å². The smallest absolute Gasteiger partial charge is 0.239 e. The van der Waals surface area contributed by atoms with Crippen molar-refractivity contribution in [2.24, 2.45) is 0 Å². The van der Waals surface area contributed by atoms with Gasteiger partial charge in [-0.05, 0) is 39.3 Å². The van der Waals surface area contributed by atoms with Gasteiger partial charge in [0.1, 0.15) is 5.60 Å². The Kier molecular flexibility index (Phi) is 3.11. The van der Waals surface area contributed by atoms with E-state index >= 15 is 0 Å². The summed E-state index contributed by atoms with van der Waals surface area (Å²) in [5.41, 5.74) is 6.08. The zero-order valence-electron chi connectivity index (χ0n) is 10.6. The van der Waals surface area contributed by atoms with Crippen LogP contribution in [-0.2, 0) is 4.84 Å². The first kappa shape index (κ1) is 12.0. The topological polar surface area (TPSA) is 60.6 Å². The average Bonchev–Trinajstić information content (AvgIpc) is 2.72. The third-order valence-corrected chi connectivity index (χ3v) is 2.29. The molecule has 1 aliphatic heterocycles. The van der Waals surface area contributed by atoms with Gasteiger partial charge in [0.05, 0.1) is 12.3 Å². The summed E-state index contributed by atoms with van der Waals surface area (Å²) in [7, 11) is 0. The minimum Gasteiger partial charge on any atom is -0.470 e. The maximum absolute atomic E-state index is 5.85. The largest absolute Gasteiger partial charge is 0.470 e. The lowest BCUT2D eigenvalue weighted by Crippen LogP contribution is -2.25. The summed E-state index contributed by atoms with van der Waals surface area (Å²) in [5.74, 6) is 1.21. The predicted molar refractivity (Wildman–Crippen MR) is 66.9 cm³/mol. The zero-order valence-corrected chi connectivity index (χ0v) is 10.6. The molecule has 1 saturated heterocycles. The maximum atomic E-state index is 5.85. The van der Waals surface area contributed by atoms with Gasteiger partial charge >= 0.3 is 0 Å². The molecule has 0 saturated carbocycles. The third kappa shape index (κ3) is 3.00. The van der Waals surface area contributed by atoms with Gasteiger partial charge in [-0.2, -0.15) is 4.98 Å². The summed E-state index contributed by atoms with van der Waals surface area (Å²) in [5, 5.41) is 1.77. The summed E-state index contributed by atoms with van der Waals surface area (Å²) >= 11 is 0. The summed E-state index contributed by atoms with van der Waals surface area (Å²) in [6.45, 7) is 7.49. The maximum Gasteiger partial charge on any atom is 0.239 e. The molecule has 0 bridgehead atoms. The molecule has 17 heavy (non-hydrogen) atoms. The number of anilines is 2. The van der Waals surface area contributed by atoms with E-state index in [0.29, 0.717) is 11.6 Å². The van der Waals surface area contributed by atoms with Gasteiger partial charge in [-0.1, -0.05) is 0 Å². The lowest BCUT2D eigenvalue weighted by atomic mass is 10.2. The molecule has 5 heteroatoms. The first-order valence-corrected chi connectivity index (χ1v) is 5.82. The third-order valence-electron chi connectivity index (χ3n) is 2.29. The van der Waals surface area contributed by atoms with Crippen molar-refractivity contribution in [1.82, 2.24) is 4.98 Å². The Hall–Kier alpha value is -1.49. The van der Waals surface area contributed by atoms with Gasteiger partial charge < -0.3 is 10.5 Å². The van der Waals surface area contributed by atoms with Crippen LogP contribution in [0.4, 0.5) is 11.5 Å². The van der Waals surface area contributed by atoms with E-state index in [2.05, 4.69) is 4.98 Å². The van der Waals surface area contributed by atoms with Crippen LogP contribution in [0.3, 0.4) is 0 Å². The van der Waals surface area contributed by atoms with E-state index in [9.17, 15) is 0 Å². The minimum atomic E-state index is -0.314. The summed E-state index contributed by atoms with van der Waals surface area (Å²) < 4.78 is 5.71. The van der Waals surface area contributed by atoms with E-state index < -0.39 is 0 Å². The molecular weight excluding hydrogens is 218 g/mol. The standard InChI is InChI=1S/C12H19N3O2/c1-12(2,3)17-11-9(13)5-6-10(14-11)15-7-4-8-16-15/h5-6H,4,7-8,13H2,1-3H3. The second-order valence-electron chi connectivity index (χ2n) is 5.07. The van der Waals surface area contributed by atoms with E-state index in [0.717, 1.165) is 25.4 Å². The van der Waals surface area contributed by atoms with Crippen molar-refractivity contribution in [2.45, 2.75) is 32.8 Å². The molecule has 2 heterocycles. The quantitative estimate of drug-likeness (QED) is 0.852. The van der Waals surface area contributed by atoms with Crippen LogP contribution in [0.2, 0.25) is 0 Å². The summed E-state index contributed by atoms with van der Waals surface area (Å²) in [6, 6.07) is 3.64. The number of hydrogen-bond donors (Lipinski definition) is 1. The van der Waals surface area contributed by atoms with Crippen LogP contribution < -0.4 is 15.5 Å². The SMILES string of the molecule is CC(C)(C)Oc1nc(N2CCCO2)ccc1N. The van der Waals surface area contributed by atoms with Crippen molar-refractivity contribution < 1.29 is 9.57 Å². The van der Waals surface area contributed by atoms with Crippen LogP contribution in [0.1, 0.15) is 27.2 Å². The molecule has 1 aliphatic rings. The Balaban J connectivity index is 2.22. The normalized spacial score (nSPS) is 16.3. The number of nitrogens with two attached hydrogens (primary N) is 1. The van der Waals surface area contributed by atoms with E-state index in [1.54, 1.807) is 11.1 Å². The van der Waals surface area contributed by atoms with Crippen molar-refractivity contribution in [3.63, 3.8) is 0 Å². The summed E-state index contributed by atoms with van der Waals surface area (Å²) in [4.78, 5) is 9.83. The number of aromatic nitrogens is 1. The molecule has 1 aromatic heterocycles. The van der Waals surface area contributed by atoms with Gasteiger partial charge in [0.2, 0.25) is 5.88 Å². The Morgan fingerprint density at radius 3 is 2.76 bits per heavy atom. The molecule has 2 N–H and O–H groups in total. The molecule has 0 atom stereocenters. The highest BCUT2D eigenvalue weighted by Crippen LogP contribution is 2.27. The lowest BCUT2D eigenvalue weighted by Gasteiger charge is -2.23. The van der Waals surface area contributed by atoms with Crippen molar-refractivity contribution in [3.8, 4) is 5.88 Å². The molecule has 0 radical (unpaired) electrons. The Labute approximate surface area is 101 Å². The van der Waals surface area contributed by atoms with Crippen LogP contribution in [0.15, 0.2) is 12.1 Å². The van der Waals surface area contributed by atoms with E-state index in [1.165, 1.54) is 0 Å². The highest BCUT2D eigenvalue weighted by molar-refractivity contribution is 5.54. The van der Waals surface area contributed by atoms with E-state index in [1.807, 2.05) is 26.8 Å². The summed E-state index contributed by atoms with van der Waals surface area (Å²) in [6.07, 6.45) is 1.02. The minimum absolute atomic E-state index is 0.314. The number of hydroxylamine groups is 1. The first-order valence-electron chi connectivity index (χ1n) is 5.82. The molecular formula is C12H19N3O2. The Bertz CT molecular complexity index is 395. The van der Waals surface area contributed by atoms with Crippen molar-refractivity contribution in [2.75, 3.05) is 23.9 Å². The fourth-order valence-electron chi connectivity index (χ4n) is 1.58. The molecule has 1 fully saturated rings. The van der Waals surface area contributed by atoms with Crippen LogP contribution in [-0.4, -0.2) is 23.7 Å². The number of pyridine rings is 1. The number of hydrogen-bond acceptors (Lipinski definition) is 5. The van der Waals surface area contributed by atoms with E-state index in [-0.39, 0.29) is 5.60 Å². The van der Waals surface area contributed by atoms with Crippen LogP contribution in [0.25, 0.3) is 0 Å². The Morgan fingerprint density at radius 2 is 2.18 bits per heavy atom. The van der Waals surface area contributed by atoms with Crippen LogP contribution in [0.5, 0.6) is 5.88 Å². The van der Waals surface area contributed by atoms with Gasteiger partial charge in [-0.25, -0.2) is 5.06 Å². The fraction of sp³-hybridized carbons (Fsp3) is 0.583. The zero-order chi connectivity index (χ0) is 12.5. The lowest BCUT2D eigenvalue weighted by molar-refractivity contribution is 0.123. The molecule has 0 aliphatic carbocycles. The molecule has 5 nitrogen and oxygen atoms in total.